The molecule has 5 N–H and O–H groups in total. The normalized spacial score (nSPS) is 17.6. The molecule has 2 aromatic rings. The van der Waals surface area contributed by atoms with Gasteiger partial charge in [-0.2, -0.15) is 0 Å². The fourth-order valence-electron chi connectivity index (χ4n) is 2.84. The van der Waals surface area contributed by atoms with E-state index in [-0.39, 0.29) is 0 Å². The molecule has 0 bridgehead atoms. The zero-order valence-corrected chi connectivity index (χ0v) is 19.0. The number of halogens is 1. The van der Waals surface area contributed by atoms with E-state index in [9.17, 15) is 0 Å². The van der Waals surface area contributed by atoms with Crippen molar-refractivity contribution in [2.75, 3.05) is 82.8 Å². The predicted octanol–water partition coefficient (Wildman–Crippen LogP) is 1.36. The number of nitrogens with zero attached hydrogens (tertiary/aromatic N) is 5. The van der Waals surface area contributed by atoms with Gasteiger partial charge in [0.2, 0.25) is 0 Å². The van der Waals surface area contributed by atoms with Gasteiger partial charge in [-0.25, -0.2) is 9.97 Å². The number of likely N-dealkylation sites (N-methyl/N-ethyl adjacent to an activating group) is 2. The minimum atomic E-state index is 0.729. The maximum Gasteiger partial charge on any atom is 0.130 e. The average molecular weight is 465 g/mol. The molecule has 0 saturated carbocycles. The van der Waals surface area contributed by atoms with Crippen LogP contribution in [0, 0.1) is 0 Å². The first kappa shape index (κ1) is 23.3. The highest BCUT2D eigenvalue weighted by Crippen LogP contribution is 2.15. The molecule has 29 heavy (non-hydrogen) atoms. The highest BCUT2D eigenvalue weighted by Gasteiger charge is 2.14. The first-order valence-corrected chi connectivity index (χ1v) is 10.6. The number of nitrogens with two attached hydrogens (primary N) is 2. The molecule has 8 nitrogen and oxygen atoms in total. The Hall–Kier alpha value is -1.94. The number of nitrogen functional groups attached to an aromatic ring is 2. The molecule has 0 unspecified atom stereocenters. The molecule has 2 saturated heterocycles. The van der Waals surface area contributed by atoms with E-state index in [1.807, 2.05) is 12.1 Å². The van der Waals surface area contributed by atoms with Crippen molar-refractivity contribution in [1.82, 2.24) is 25.1 Å². The molecular weight excluding hydrogens is 432 g/mol. The lowest BCUT2D eigenvalue weighted by molar-refractivity contribution is 0.291. The van der Waals surface area contributed by atoms with Gasteiger partial charge in [-0.1, -0.05) is 0 Å². The maximum absolute atomic E-state index is 5.72. The molecule has 0 amide bonds. The number of rotatable bonds is 1. The summed E-state index contributed by atoms with van der Waals surface area (Å²) in [5.74, 6) is 0.998. The topological polar surface area (TPSA) is 99.6 Å². The Morgan fingerprint density at radius 1 is 0.828 bits per heavy atom. The molecule has 2 aliphatic rings. The van der Waals surface area contributed by atoms with Crippen LogP contribution in [0.5, 0.6) is 0 Å². The van der Waals surface area contributed by atoms with Crippen molar-refractivity contribution in [2.24, 2.45) is 0 Å². The molecule has 0 atom stereocenters. The number of hydrogen-bond donors (Lipinski definition) is 3. The Balaban J connectivity index is 0.000000170. The second kappa shape index (κ2) is 12.6. The summed E-state index contributed by atoms with van der Waals surface area (Å²) in [6.07, 6.45) is 3.42. The summed E-state index contributed by atoms with van der Waals surface area (Å²) in [4.78, 5) is 15.1. The van der Waals surface area contributed by atoms with Gasteiger partial charge in [-0.05, 0) is 48.2 Å². The number of piperazine rings is 2. The molecule has 0 aliphatic carbocycles. The van der Waals surface area contributed by atoms with E-state index >= 15 is 0 Å². The number of aromatic nitrogens is 2. The van der Waals surface area contributed by atoms with Crippen molar-refractivity contribution >= 4 is 33.1 Å². The van der Waals surface area contributed by atoms with Crippen LogP contribution in [0.15, 0.2) is 41.3 Å². The third-order valence-corrected chi connectivity index (χ3v) is 5.12. The Kier molecular flexibility index (Phi) is 10.1. The average Bonchev–Trinajstić information content (AvgIpc) is 2.70. The SMILES string of the molecule is CN1CCN(c2cc(N)ccn2)CC1.CN1CCNCC1.Nc1ccnc(Br)c1. The fraction of sp³-hybridized carbons (Fsp3) is 0.500. The van der Waals surface area contributed by atoms with Crippen LogP contribution < -0.4 is 21.7 Å². The van der Waals surface area contributed by atoms with E-state index in [1.165, 1.54) is 13.1 Å². The van der Waals surface area contributed by atoms with Crippen LogP contribution in [0.3, 0.4) is 0 Å². The van der Waals surface area contributed by atoms with Gasteiger partial charge in [-0.15, -0.1) is 0 Å². The number of hydrogen-bond acceptors (Lipinski definition) is 8. The van der Waals surface area contributed by atoms with Crippen molar-refractivity contribution in [2.45, 2.75) is 0 Å². The highest BCUT2D eigenvalue weighted by atomic mass is 79.9. The standard InChI is InChI=1S/C10H16N4.C5H5BrN2.C5H12N2/c1-13-4-6-14(7-5-13)10-8-9(11)2-3-12-10;6-5-3-4(7)1-2-8-5;1-7-4-2-6-3-5-7/h2-3,8H,4-7H2,1H3,(H2,11,12);1-3H,(H2,7,8);6H,2-5H2,1H3. The van der Waals surface area contributed by atoms with Crippen molar-refractivity contribution in [3.63, 3.8) is 0 Å². The Morgan fingerprint density at radius 2 is 1.38 bits per heavy atom. The van der Waals surface area contributed by atoms with Gasteiger partial charge in [0.05, 0.1) is 0 Å². The lowest BCUT2D eigenvalue weighted by Gasteiger charge is -2.33. The minimum Gasteiger partial charge on any atom is -0.399 e. The summed E-state index contributed by atoms with van der Waals surface area (Å²) < 4.78 is 0.775. The van der Waals surface area contributed by atoms with Gasteiger partial charge in [0.1, 0.15) is 10.4 Å². The molecular formula is C20H33BrN8. The number of pyridine rings is 2. The molecule has 9 heteroatoms. The van der Waals surface area contributed by atoms with Crippen LogP contribution in [0.25, 0.3) is 0 Å². The largest absolute Gasteiger partial charge is 0.399 e. The van der Waals surface area contributed by atoms with Gasteiger partial charge < -0.3 is 31.5 Å². The van der Waals surface area contributed by atoms with Crippen LogP contribution in [0.2, 0.25) is 0 Å². The van der Waals surface area contributed by atoms with Gasteiger partial charge in [-0.3, -0.25) is 0 Å². The van der Waals surface area contributed by atoms with Gasteiger partial charge in [0.25, 0.3) is 0 Å². The lowest BCUT2D eigenvalue weighted by atomic mass is 10.3. The molecule has 0 aromatic carbocycles. The molecule has 0 radical (unpaired) electrons. The van der Waals surface area contributed by atoms with Gasteiger partial charge in [0, 0.05) is 82.2 Å². The summed E-state index contributed by atoms with van der Waals surface area (Å²) >= 11 is 3.17. The third-order valence-electron chi connectivity index (χ3n) is 4.69. The first-order valence-electron chi connectivity index (χ1n) is 9.85. The Bertz CT molecular complexity index is 698. The van der Waals surface area contributed by atoms with Crippen molar-refractivity contribution < 1.29 is 0 Å². The van der Waals surface area contributed by atoms with E-state index in [1.54, 1.807) is 24.5 Å². The molecule has 0 spiro atoms. The monoisotopic (exact) mass is 464 g/mol. The van der Waals surface area contributed by atoms with Crippen molar-refractivity contribution in [3.8, 4) is 0 Å². The first-order chi connectivity index (χ1) is 13.9. The van der Waals surface area contributed by atoms with Gasteiger partial charge in [0.15, 0.2) is 0 Å². The molecule has 4 heterocycles. The molecule has 2 aliphatic heterocycles. The van der Waals surface area contributed by atoms with Crippen LogP contribution in [0.1, 0.15) is 0 Å². The van der Waals surface area contributed by atoms with E-state index < -0.39 is 0 Å². The summed E-state index contributed by atoms with van der Waals surface area (Å²) in [5.41, 5.74) is 12.6. The molecule has 2 fully saturated rings. The second-order valence-electron chi connectivity index (χ2n) is 7.20. The second-order valence-corrected chi connectivity index (χ2v) is 8.02. The van der Waals surface area contributed by atoms with E-state index in [2.05, 4.69) is 60.0 Å². The predicted molar refractivity (Wildman–Crippen MR) is 125 cm³/mol. The quantitative estimate of drug-likeness (QED) is 0.543. The van der Waals surface area contributed by atoms with Crippen LogP contribution >= 0.6 is 15.9 Å². The number of nitrogens with one attached hydrogen (secondary N) is 1. The van der Waals surface area contributed by atoms with Crippen molar-refractivity contribution in [1.29, 1.82) is 0 Å². The van der Waals surface area contributed by atoms with Gasteiger partial charge >= 0.3 is 0 Å². The summed E-state index contributed by atoms with van der Waals surface area (Å²) in [5, 5.41) is 3.27. The third kappa shape index (κ3) is 9.40. The maximum atomic E-state index is 5.72. The molecule has 2 aromatic heterocycles. The zero-order valence-electron chi connectivity index (χ0n) is 17.4. The highest BCUT2D eigenvalue weighted by molar-refractivity contribution is 9.10. The molecule has 4 rings (SSSR count). The minimum absolute atomic E-state index is 0.729. The Labute approximate surface area is 182 Å². The van der Waals surface area contributed by atoms with Crippen LogP contribution in [0.4, 0.5) is 17.2 Å². The summed E-state index contributed by atoms with van der Waals surface area (Å²) in [6.45, 7) is 9.00. The van der Waals surface area contributed by atoms with Crippen LogP contribution in [-0.2, 0) is 0 Å². The van der Waals surface area contributed by atoms with Crippen LogP contribution in [-0.4, -0.2) is 86.2 Å². The smallest absolute Gasteiger partial charge is 0.130 e. The summed E-state index contributed by atoms with van der Waals surface area (Å²) in [6, 6.07) is 7.25. The van der Waals surface area contributed by atoms with E-state index in [0.29, 0.717) is 0 Å². The van der Waals surface area contributed by atoms with E-state index in [4.69, 9.17) is 11.5 Å². The van der Waals surface area contributed by atoms with Crippen molar-refractivity contribution in [3.05, 3.63) is 41.3 Å². The Morgan fingerprint density at radius 3 is 1.83 bits per heavy atom. The fourth-order valence-corrected chi connectivity index (χ4v) is 3.22. The summed E-state index contributed by atoms with van der Waals surface area (Å²) in [7, 11) is 4.30. The van der Waals surface area contributed by atoms with E-state index in [0.717, 1.165) is 61.1 Å². The zero-order chi connectivity index (χ0) is 21.1. The lowest BCUT2D eigenvalue weighted by Crippen LogP contribution is -2.44. The molecule has 160 valence electrons. The number of anilines is 3.